The van der Waals surface area contributed by atoms with Gasteiger partial charge in [0.15, 0.2) is 0 Å². The molecule has 0 saturated heterocycles. The van der Waals surface area contributed by atoms with E-state index in [0.29, 0.717) is 40.4 Å². The van der Waals surface area contributed by atoms with Gasteiger partial charge in [-0.1, -0.05) is 126 Å². The standard InChI is InChI=1S/C29H37.C16H21.C8H8.2ClH.Zr/c1-16-13-14-25-26-23-12-10-9-11-22(23)15-24(26)27-19(4)17(2)18(3)21(6)29(27,8)28(25,7)20(16)5;1-15(4-2-3-5-15)16-9-12-6-13(10-16)8-14(7-12)11-16;1-2-8-6-4-3-5-7-8;;;/h9-14,16-18,20-21H,15H2,1-8H3;2,4-5,12-14H,6-11H2,1H3;1,3-7H,2H2;2*1H;/q2*-1;;;;+2/p-2. The van der Waals surface area contributed by atoms with Crippen molar-refractivity contribution in [1.82, 2.24) is 0 Å². The Balaban J connectivity index is 0.000000165. The number of hydrogen-bond donors (Lipinski definition) is 0. The number of benzene rings is 2. The third-order valence-electron chi connectivity index (χ3n) is 17.8. The van der Waals surface area contributed by atoms with Crippen molar-refractivity contribution < 1.29 is 49.0 Å². The van der Waals surface area contributed by atoms with Gasteiger partial charge in [0.25, 0.3) is 0 Å². The summed E-state index contributed by atoms with van der Waals surface area (Å²) < 4.78 is 2.25. The van der Waals surface area contributed by atoms with Crippen LogP contribution in [-0.2, 0) is 37.1 Å². The molecule has 8 unspecified atom stereocenters. The molecule has 11 rings (SSSR count). The van der Waals surface area contributed by atoms with Crippen LogP contribution in [0, 0.1) is 81.0 Å². The fourth-order valence-corrected chi connectivity index (χ4v) is 14.7. The second-order valence-corrected chi connectivity index (χ2v) is 21.0. The van der Waals surface area contributed by atoms with E-state index in [1.54, 1.807) is 47.5 Å². The van der Waals surface area contributed by atoms with E-state index >= 15 is 0 Å². The summed E-state index contributed by atoms with van der Waals surface area (Å²) in [6, 6.07) is 19.7. The van der Waals surface area contributed by atoms with Crippen molar-refractivity contribution in [3.63, 3.8) is 0 Å². The molecule has 2 aromatic rings. The van der Waals surface area contributed by atoms with Gasteiger partial charge in [-0.15, -0.1) is 6.92 Å². The molecule has 0 heterocycles. The van der Waals surface area contributed by atoms with E-state index in [2.05, 4.69) is 151 Å². The molecule has 298 valence electrons. The molecule has 9 aliphatic rings. The summed E-state index contributed by atoms with van der Waals surface area (Å²) in [4.78, 5) is 0. The molecule has 2 aromatic carbocycles. The van der Waals surface area contributed by atoms with Crippen molar-refractivity contribution in [2.24, 2.45) is 69.0 Å². The number of fused-ring (bicyclic) bond motifs is 6. The van der Waals surface area contributed by atoms with Crippen LogP contribution in [0.2, 0.25) is 0 Å². The molecular weight excluding hydrogens is 799 g/mol. The molecule has 4 bridgehead atoms. The van der Waals surface area contributed by atoms with Gasteiger partial charge in [0.2, 0.25) is 0 Å². The average Bonchev–Trinajstić information content (AvgIpc) is 3.78. The number of halogens is 2. The van der Waals surface area contributed by atoms with Crippen LogP contribution in [0.1, 0.15) is 118 Å². The first-order chi connectivity index (χ1) is 25.8. The molecule has 5 fully saturated rings. The third kappa shape index (κ3) is 6.72. The third-order valence-corrected chi connectivity index (χ3v) is 18.3. The quantitative estimate of drug-likeness (QED) is 0.283. The molecular formula is C53H66Cl2Zr-2. The molecule has 3 heteroatoms. The van der Waals surface area contributed by atoms with E-state index in [1.165, 1.54) is 60.2 Å². The minimum absolute atomic E-state index is 0. The molecule has 56 heavy (non-hydrogen) atoms. The first-order valence-corrected chi connectivity index (χ1v) is 23.1. The van der Waals surface area contributed by atoms with Gasteiger partial charge in [-0.2, -0.15) is 17.2 Å². The van der Waals surface area contributed by atoms with E-state index < -0.39 is 0 Å². The van der Waals surface area contributed by atoms with Crippen LogP contribution in [0.25, 0.3) is 5.57 Å². The van der Waals surface area contributed by atoms with Crippen LogP contribution in [-0.4, -0.2) is 3.71 Å². The van der Waals surface area contributed by atoms with Crippen LogP contribution in [0.5, 0.6) is 0 Å². The Hall–Kier alpha value is -1.66. The van der Waals surface area contributed by atoms with Crippen LogP contribution in [0.4, 0.5) is 0 Å². The first-order valence-electron chi connectivity index (χ1n) is 21.7. The Kier molecular flexibility index (Phi) is 12.9. The summed E-state index contributed by atoms with van der Waals surface area (Å²) in [6.07, 6.45) is 26.7. The Morgan fingerprint density at radius 3 is 2.00 bits per heavy atom. The van der Waals surface area contributed by atoms with Crippen molar-refractivity contribution >= 4 is 9.28 Å². The van der Waals surface area contributed by atoms with E-state index in [4.69, 9.17) is 0 Å². The predicted octanol–water partition coefficient (Wildman–Crippen LogP) is 7.40. The number of allylic oxidation sites excluding steroid dienone is 10. The molecule has 0 nitrogen and oxygen atoms in total. The minimum atomic E-state index is 0. The molecule has 0 amide bonds. The van der Waals surface area contributed by atoms with Crippen LogP contribution in [0.15, 0.2) is 102 Å². The Labute approximate surface area is 368 Å². The topological polar surface area (TPSA) is 0 Å². The van der Waals surface area contributed by atoms with Gasteiger partial charge in [0.1, 0.15) is 0 Å². The summed E-state index contributed by atoms with van der Waals surface area (Å²) in [7, 11) is 0. The van der Waals surface area contributed by atoms with Gasteiger partial charge >= 0.3 is 70.3 Å². The van der Waals surface area contributed by atoms with E-state index in [-0.39, 0.29) is 35.6 Å². The van der Waals surface area contributed by atoms with E-state index in [1.807, 2.05) is 6.07 Å². The fraction of sp³-hybridized carbons (Fsp3) is 0.547. The SMILES string of the molecule is CC1(C23CC4CC(CC(C4)C2)C3)C=[C-]C=C1.C[C-]1C2=C3Cc4ccccc4C3=C3C=CC(C)C(C)C3(C)C2(C)C(C)C(C)C1C.[Cl-].[Cl-].[Zr+2]=[CH]Cc1ccccc1. The van der Waals surface area contributed by atoms with Crippen molar-refractivity contribution in [3.05, 3.63) is 130 Å². The monoisotopic (exact) mass is 862 g/mol. The van der Waals surface area contributed by atoms with Crippen molar-refractivity contribution in [2.75, 3.05) is 0 Å². The molecule has 0 aliphatic heterocycles. The maximum atomic E-state index is 3.33. The zero-order valence-electron chi connectivity index (χ0n) is 35.7. The molecule has 0 spiro atoms. The first kappa shape index (κ1) is 43.9. The summed E-state index contributed by atoms with van der Waals surface area (Å²) in [5, 5.41) is 0. The van der Waals surface area contributed by atoms with Crippen LogP contribution in [0.3, 0.4) is 0 Å². The van der Waals surface area contributed by atoms with Gasteiger partial charge in [-0.25, -0.2) is 18.1 Å². The Morgan fingerprint density at radius 2 is 1.41 bits per heavy atom. The van der Waals surface area contributed by atoms with Crippen LogP contribution >= 0.6 is 0 Å². The van der Waals surface area contributed by atoms with Gasteiger partial charge in [0.05, 0.1) is 0 Å². The summed E-state index contributed by atoms with van der Waals surface area (Å²) in [5.74, 6) is 8.11. The van der Waals surface area contributed by atoms with Gasteiger partial charge in [-0.05, 0) is 96.3 Å². The van der Waals surface area contributed by atoms with Crippen molar-refractivity contribution in [2.45, 2.75) is 114 Å². The van der Waals surface area contributed by atoms with E-state index in [0.717, 1.165) is 30.6 Å². The van der Waals surface area contributed by atoms with Gasteiger partial charge in [-0.3, -0.25) is 6.08 Å². The zero-order valence-corrected chi connectivity index (χ0v) is 39.7. The van der Waals surface area contributed by atoms with Crippen molar-refractivity contribution in [3.8, 4) is 0 Å². The fourth-order valence-electron chi connectivity index (χ4n) is 14.2. The normalized spacial score (nSPS) is 40.2. The van der Waals surface area contributed by atoms with E-state index in [9.17, 15) is 0 Å². The molecule has 9 aliphatic carbocycles. The Bertz CT molecular complexity index is 1880. The number of hydrogen-bond acceptors (Lipinski definition) is 0. The van der Waals surface area contributed by atoms with Crippen molar-refractivity contribution in [1.29, 1.82) is 0 Å². The molecule has 5 saturated carbocycles. The average molecular weight is 865 g/mol. The summed E-state index contributed by atoms with van der Waals surface area (Å²) in [5.41, 5.74) is 12.3. The molecule has 0 radical (unpaired) electrons. The predicted molar refractivity (Wildman–Crippen MR) is 226 cm³/mol. The van der Waals surface area contributed by atoms with Crippen LogP contribution < -0.4 is 24.8 Å². The Morgan fingerprint density at radius 1 is 0.804 bits per heavy atom. The van der Waals surface area contributed by atoms with Gasteiger partial charge < -0.3 is 24.8 Å². The number of rotatable bonds is 3. The zero-order chi connectivity index (χ0) is 38.2. The second kappa shape index (κ2) is 16.4. The van der Waals surface area contributed by atoms with Gasteiger partial charge in [0, 0.05) is 5.41 Å². The summed E-state index contributed by atoms with van der Waals surface area (Å²) in [6.45, 7) is 22.6. The second-order valence-electron chi connectivity index (χ2n) is 20.0. The molecule has 8 atom stereocenters. The maximum absolute atomic E-state index is 3.33. The summed E-state index contributed by atoms with van der Waals surface area (Å²) >= 11 is 1.51. The molecule has 0 aromatic heterocycles. The molecule has 0 N–H and O–H groups in total.